The van der Waals surface area contributed by atoms with Crippen LogP contribution in [0.25, 0.3) is 6.08 Å². The van der Waals surface area contributed by atoms with Gasteiger partial charge in [-0.1, -0.05) is 18.2 Å². The van der Waals surface area contributed by atoms with E-state index < -0.39 is 17.9 Å². The van der Waals surface area contributed by atoms with E-state index in [4.69, 9.17) is 23.7 Å². The third-order valence-electron chi connectivity index (χ3n) is 6.36. The van der Waals surface area contributed by atoms with Gasteiger partial charge in [0, 0.05) is 11.5 Å². The zero-order valence-corrected chi connectivity index (χ0v) is 20.9. The van der Waals surface area contributed by atoms with Crippen molar-refractivity contribution < 1.29 is 42.8 Å². The Hall–Kier alpha value is -4.79. The van der Waals surface area contributed by atoms with E-state index in [1.807, 2.05) is 12.1 Å². The van der Waals surface area contributed by atoms with Gasteiger partial charge in [0.1, 0.15) is 17.2 Å². The molecule has 3 aromatic rings. The number of rotatable bonds is 7. The van der Waals surface area contributed by atoms with E-state index in [9.17, 15) is 14.4 Å². The first kappa shape index (κ1) is 24.9. The number of ketones is 1. The first-order valence-electron chi connectivity index (χ1n) is 11.7. The lowest BCUT2D eigenvalue weighted by Gasteiger charge is -2.26. The second-order valence-corrected chi connectivity index (χ2v) is 8.57. The molecule has 2 aliphatic rings. The summed E-state index contributed by atoms with van der Waals surface area (Å²) in [6.45, 7) is -0.313. The third kappa shape index (κ3) is 4.66. The molecule has 9 heteroatoms. The second kappa shape index (κ2) is 10.3. The van der Waals surface area contributed by atoms with Gasteiger partial charge in [-0.05, 0) is 53.6 Å². The number of methoxy groups -OCH3 is 3. The summed E-state index contributed by atoms with van der Waals surface area (Å²) in [5.74, 6) is 0.485. The quantitative estimate of drug-likeness (QED) is 0.258. The largest absolute Gasteiger partial charge is 0.497 e. The predicted molar refractivity (Wildman–Crippen MR) is 135 cm³/mol. The van der Waals surface area contributed by atoms with Gasteiger partial charge in [-0.2, -0.15) is 0 Å². The van der Waals surface area contributed by atoms with Crippen LogP contribution in [-0.4, -0.2) is 45.7 Å². The molecular weight excluding hydrogens is 492 g/mol. The SMILES string of the molecule is COC(=O)COc1cc(C2CC(=O)Oc3ccc4c(c32)O/C(=C\c2ccc(OC)cc2)C4=O)ccc1OC. The molecule has 5 rings (SSSR count). The lowest BCUT2D eigenvalue weighted by atomic mass is 9.84. The van der Waals surface area contributed by atoms with Crippen LogP contribution in [0.3, 0.4) is 0 Å². The van der Waals surface area contributed by atoms with Crippen molar-refractivity contribution in [2.75, 3.05) is 27.9 Å². The second-order valence-electron chi connectivity index (χ2n) is 8.57. The maximum atomic E-state index is 13.2. The van der Waals surface area contributed by atoms with E-state index in [0.717, 1.165) is 5.56 Å². The van der Waals surface area contributed by atoms with Gasteiger partial charge >= 0.3 is 11.9 Å². The number of esters is 2. The van der Waals surface area contributed by atoms with Crippen LogP contribution in [0.1, 0.15) is 39.4 Å². The van der Waals surface area contributed by atoms with Crippen LogP contribution >= 0.6 is 0 Å². The summed E-state index contributed by atoms with van der Waals surface area (Å²) in [6, 6.07) is 15.6. The van der Waals surface area contributed by atoms with Crippen molar-refractivity contribution in [1.29, 1.82) is 0 Å². The van der Waals surface area contributed by atoms with Gasteiger partial charge in [0.25, 0.3) is 0 Å². The van der Waals surface area contributed by atoms with Crippen LogP contribution in [-0.2, 0) is 14.3 Å². The molecule has 0 bridgehead atoms. The first-order chi connectivity index (χ1) is 18.4. The van der Waals surface area contributed by atoms with E-state index >= 15 is 0 Å². The maximum Gasteiger partial charge on any atom is 0.343 e. The molecule has 0 radical (unpaired) electrons. The van der Waals surface area contributed by atoms with Gasteiger partial charge in [-0.15, -0.1) is 0 Å². The molecule has 0 aromatic heterocycles. The Bertz CT molecular complexity index is 1450. The number of Topliss-reactive ketones (excluding diaryl/α,β-unsaturated/α-hetero) is 1. The molecule has 9 nitrogen and oxygen atoms in total. The Kier molecular flexibility index (Phi) is 6.74. The van der Waals surface area contributed by atoms with Gasteiger partial charge < -0.3 is 28.4 Å². The van der Waals surface area contributed by atoms with Crippen LogP contribution in [0.4, 0.5) is 0 Å². The number of fused-ring (bicyclic) bond motifs is 3. The molecule has 0 N–H and O–H groups in total. The van der Waals surface area contributed by atoms with Gasteiger partial charge in [-0.3, -0.25) is 9.59 Å². The lowest BCUT2D eigenvalue weighted by molar-refractivity contribution is -0.143. The number of carbonyl (C=O) groups excluding carboxylic acids is 3. The van der Waals surface area contributed by atoms with Crippen molar-refractivity contribution in [3.8, 4) is 28.7 Å². The van der Waals surface area contributed by atoms with Crippen LogP contribution in [0, 0.1) is 0 Å². The number of benzene rings is 3. The summed E-state index contributed by atoms with van der Waals surface area (Å²) in [4.78, 5) is 37.4. The van der Waals surface area contributed by atoms with Crippen LogP contribution < -0.4 is 23.7 Å². The normalized spacial score (nSPS) is 16.7. The fourth-order valence-corrected chi connectivity index (χ4v) is 4.46. The average Bonchev–Trinajstić information content (AvgIpc) is 3.26. The molecule has 3 aromatic carbocycles. The molecule has 0 saturated carbocycles. The summed E-state index contributed by atoms with van der Waals surface area (Å²) >= 11 is 0. The minimum Gasteiger partial charge on any atom is -0.497 e. The van der Waals surface area contributed by atoms with Crippen molar-refractivity contribution in [3.05, 3.63) is 82.6 Å². The highest BCUT2D eigenvalue weighted by molar-refractivity contribution is 6.15. The molecule has 0 saturated heterocycles. The molecule has 1 atom stereocenters. The summed E-state index contributed by atoms with van der Waals surface area (Å²) in [7, 11) is 4.33. The Morgan fingerprint density at radius 2 is 1.74 bits per heavy atom. The monoisotopic (exact) mass is 516 g/mol. The Morgan fingerprint density at radius 3 is 2.45 bits per heavy atom. The summed E-state index contributed by atoms with van der Waals surface area (Å²) in [6.07, 6.45) is 1.67. The minimum atomic E-state index is -0.551. The van der Waals surface area contributed by atoms with E-state index in [1.54, 1.807) is 55.7 Å². The molecule has 0 fully saturated rings. The average molecular weight is 517 g/mol. The van der Waals surface area contributed by atoms with Crippen molar-refractivity contribution >= 4 is 23.8 Å². The van der Waals surface area contributed by atoms with Gasteiger partial charge in [-0.25, -0.2) is 4.79 Å². The zero-order chi connectivity index (χ0) is 26.8. The fourth-order valence-electron chi connectivity index (χ4n) is 4.46. The van der Waals surface area contributed by atoms with Crippen molar-refractivity contribution in [3.63, 3.8) is 0 Å². The fraction of sp³-hybridized carbons (Fsp3) is 0.207. The molecular formula is C29H24O9. The van der Waals surface area contributed by atoms with Crippen molar-refractivity contribution in [2.24, 2.45) is 0 Å². The highest BCUT2D eigenvalue weighted by Gasteiger charge is 2.38. The number of hydrogen-bond donors (Lipinski definition) is 0. The summed E-state index contributed by atoms with van der Waals surface area (Å²) < 4.78 is 32.4. The predicted octanol–water partition coefficient (Wildman–Crippen LogP) is 4.31. The molecule has 1 unspecified atom stereocenters. The van der Waals surface area contributed by atoms with Crippen LogP contribution in [0.15, 0.2) is 60.4 Å². The standard InChI is InChI=1S/C29H24O9/c1-33-18-7-4-16(5-8-18)12-24-28(32)19-9-11-22-27(29(19)38-24)20(14-25(30)37-22)17-6-10-21(34-2)23(13-17)36-15-26(31)35-3/h4-13,20H,14-15H2,1-3H3/b24-12-. The maximum absolute atomic E-state index is 13.2. The van der Waals surface area contributed by atoms with Gasteiger partial charge in [0.15, 0.2) is 23.9 Å². The minimum absolute atomic E-state index is 0.0152. The number of allylic oxidation sites excluding steroid dienone is 1. The zero-order valence-electron chi connectivity index (χ0n) is 20.9. The molecule has 2 aliphatic heterocycles. The molecule has 0 aliphatic carbocycles. The van der Waals surface area contributed by atoms with Gasteiger partial charge in [0.05, 0.1) is 33.3 Å². The first-order valence-corrected chi connectivity index (χ1v) is 11.7. The Morgan fingerprint density at radius 1 is 0.947 bits per heavy atom. The number of hydrogen-bond acceptors (Lipinski definition) is 9. The highest BCUT2D eigenvalue weighted by Crippen LogP contribution is 2.49. The molecule has 2 heterocycles. The van der Waals surface area contributed by atoms with Crippen LogP contribution in [0.5, 0.6) is 28.7 Å². The van der Waals surface area contributed by atoms with E-state index in [-0.39, 0.29) is 24.6 Å². The Labute approximate surface area is 218 Å². The highest BCUT2D eigenvalue weighted by atomic mass is 16.6. The Balaban J connectivity index is 1.54. The number of carbonyl (C=O) groups is 3. The van der Waals surface area contributed by atoms with Crippen molar-refractivity contribution in [1.82, 2.24) is 0 Å². The smallest absolute Gasteiger partial charge is 0.343 e. The van der Waals surface area contributed by atoms with Crippen LogP contribution in [0.2, 0.25) is 0 Å². The van der Waals surface area contributed by atoms with Gasteiger partial charge in [0.2, 0.25) is 5.78 Å². The summed E-state index contributed by atoms with van der Waals surface area (Å²) in [5, 5.41) is 0. The third-order valence-corrected chi connectivity index (χ3v) is 6.36. The molecule has 38 heavy (non-hydrogen) atoms. The lowest BCUT2D eigenvalue weighted by Crippen LogP contribution is -2.21. The topological polar surface area (TPSA) is 107 Å². The molecule has 194 valence electrons. The number of ether oxygens (including phenoxy) is 6. The molecule has 0 amide bonds. The van der Waals surface area contributed by atoms with E-state index in [2.05, 4.69) is 4.74 Å². The van der Waals surface area contributed by atoms with E-state index in [1.165, 1.54) is 14.2 Å². The van der Waals surface area contributed by atoms with Crippen molar-refractivity contribution in [2.45, 2.75) is 12.3 Å². The summed E-state index contributed by atoms with van der Waals surface area (Å²) in [5.41, 5.74) is 2.42. The molecule has 0 spiro atoms. The van der Waals surface area contributed by atoms with E-state index in [0.29, 0.717) is 45.4 Å².